The normalized spacial score (nSPS) is 11.2. The third-order valence-electron chi connectivity index (χ3n) is 2.40. The number of rotatable bonds is 7. The standard InChI is InChI=1S/C14H19NO/c1-3-4-10-14(15-16-2)12-11-13-8-6-5-7-9-13/h3,5-9H,1,4,10-12H2,2H3. The molecule has 0 amide bonds. The fraction of sp³-hybridized carbons (Fsp3) is 0.357. The molecule has 1 rings (SSSR count). The van der Waals surface area contributed by atoms with Gasteiger partial charge in [-0.25, -0.2) is 0 Å². The third kappa shape index (κ3) is 4.78. The minimum atomic E-state index is 0.935. The molecule has 2 nitrogen and oxygen atoms in total. The zero-order chi connectivity index (χ0) is 11.6. The summed E-state index contributed by atoms with van der Waals surface area (Å²) in [6, 6.07) is 10.4. The Hall–Kier alpha value is -1.57. The maximum atomic E-state index is 4.84. The van der Waals surface area contributed by atoms with E-state index >= 15 is 0 Å². The van der Waals surface area contributed by atoms with Gasteiger partial charge < -0.3 is 4.84 Å². The van der Waals surface area contributed by atoms with Gasteiger partial charge in [-0.05, 0) is 31.2 Å². The summed E-state index contributed by atoms with van der Waals surface area (Å²) >= 11 is 0. The lowest BCUT2D eigenvalue weighted by Gasteiger charge is -2.04. The summed E-state index contributed by atoms with van der Waals surface area (Å²) < 4.78 is 0. The van der Waals surface area contributed by atoms with Gasteiger partial charge in [-0.3, -0.25) is 0 Å². The van der Waals surface area contributed by atoms with Gasteiger partial charge in [-0.2, -0.15) is 0 Å². The van der Waals surface area contributed by atoms with Gasteiger partial charge in [-0.15, -0.1) is 6.58 Å². The number of benzene rings is 1. The molecule has 0 aliphatic heterocycles. The van der Waals surface area contributed by atoms with Crippen LogP contribution in [-0.2, 0) is 11.3 Å². The molecule has 0 fully saturated rings. The number of hydrogen-bond donors (Lipinski definition) is 0. The van der Waals surface area contributed by atoms with E-state index < -0.39 is 0 Å². The second-order valence-corrected chi connectivity index (χ2v) is 3.65. The van der Waals surface area contributed by atoms with Crippen molar-refractivity contribution in [2.24, 2.45) is 5.16 Å². The van der Waals surface area contributed by atoms with Gasteiger partial charge in [-0.1, -0.05) is 41.6 Å². The first-order chi connectivity index (χ1) is 7.86. The van der Waals surface area contributed by atoms with Crippen molar-refractivity contribution in [1.82, 2.24) is 0 Å². The molecule has 0 radical (unpaired) electrons. The Morgan fingerprint density at radius 2 is 2.06 bits per heavy atom. The second-order valence-electron chi connectivity index (χ2n) is 3.65. The van der Waals surface area contributed by atoms with Gasteiger partial charge in [0.2, 0.25) is 0 Å². The summed E-state index contributed by atoms with van der Waals surface area (Å²) in [5, 5.41) is 4.05. The molecule has 1 aromatic carbocycles. The van der Waals surface area contributed by atoms with Crippen LogP contribution in [0.5, 0.6) is 0 Å². The zero-order valence-electron chi connectivity index (χ0n) is 9.86. The minimum Gasteiger partial charge on any atom is -0.399 e. The largest absolute Gasteiger partial charge is 0.399 e. The Balaban J connectivity index is 2.44. The van der Waals surface area contributed by atoms with Crippen molar-refractivity contribution >= 4 is 5.71 Å². The summed E-state index contributed by atoms with van der Waals surface area (Å²) in [6.07, 6.45) is 5.76. The van der Waals surface area contributed by atoms with Gasteiger partial charge in [0.15, 0.2) is 0 Å². The van der Waals surface area contributed by atoms with Crippen molar-refractivity contribution < 1.29 is 4.84 Å². The molecular formula is C14H19NO. The van der Waals surface area contributed by atoms with Crippen LogP contribution in [0.3, 0.4) is 0 Å². The molecule has 0 saturated heterocycles. The second kappa shape index (κ2) is 7.69. The van der Waals surface area contributed by atoms with E-state index in [0.29, 0.717) is 0 Å². The molecule has 1 aromatic rings. The van der Waals surface area contributed by atoms with E-state index in [-0.39, 0.29) is 0 Å². The maximum Gasteiger partial charge on any atom is 0.106 e. The molecule has 16 heavy (non-hydrogen) atoms. The maximum absolute atomic E-state index is 4.84. The molecule has 0 N–H and O–H groups in total. The van der Waals surface area contributed by atoms with Crippen LogP contribution in [0, 0.1) is 0 Å². The van der Waals surface area contributed by atoms with Crippen LogP contribution < -0.4 is 0 Å². The molecule has 0 spiro atoms. The molecular weight excluding hydrogens is 198 g/mol. The SMILES string of the molecule is C=CCCC(CCc1ccccc1)=NOC. The molecule has 0 atom stereocenters. The monoisotopic (exact) mass is 217 g/mol. The van der Waals surface area contributed by atoms with Crippen molar-refractivity contribution in [3.63, 3.8) is 0 Å². The smallest absolute Gasteiger partial charge is 0.106 e. The lowest BCUT2D eigenvalue weighted by Crippen LogP contribution is -2.01. The average Bonchev–Trinajstić information content (AvgIpc) is 2.34. The van der Waals surface area contributed by atoms with E-state index in [9.17, 15) is 0 Å². The average molecular weight is 217 g/mol. The fourth-order valence-corrected chi connectivity index (χ4v) is 1.55. The van der Waals surface area contributed by atoms with E-state index in [0.717, 1.165) is 31.4 Å². The predicted octanol–water partition coefficient (Wildman–Crippen LogP) is 3.59. The van der Waals surface area contributed by atoms with Gasteiger partial charge in [0.25, 0.3) is 0 Å². The molecule has 0 unspecified atom stereocenters. The Morgan fingerprint density at radius 1 is 1.31 bits per heavy atom. The van der Waals surface area contributed by atoms with E-state index in [1.807, 2.05) is 12.1 Å². The van der Waals surface area contributed by atoms with Crippen molar-refractivity contribution in [2.45, 2.75) is 25.7 Å². The first kappa shape index (κ1) is 12.5. The Bertz CT molecular complexity index is 330. The first-order valence-electron chi connectivity index (χ1n) is 5.60. The highest BCUT2D eigenvalue weighted by Gasteiger charge is 2.00. The minimum absolute atomic E-state index is 0.935. The summed E-state index contributed by atoms with van der Waals surface area (Å²) in [4.78, 5) is 4.84. The molecule has 0 aromatic heterocycles. The highest BCUT2D eigenvalue weighted by molar-refractivity contribution is 5.84. The quantitative estimate of drug-likeness (QED) is 0.388. The molecule has 2 heteroatoms. The Kier molecular flexibility index (Phi) is 6.00. The summed E-state index contributed by atoms with van der Waals surface area (Å²) in [6.45, 7) is 3.72. The number of nitrogens with zero attached hydrogens (tertiary/aromatic N) is 1. The number of hydrogen-bond acceptors (Lipinski definition) is 2. The topological polar surface area (TPSA) is 21.6 Å². The first-order valence-corrected chi connectivity index (χ1v) is 5.60. The summed E-state index contributed by atoms with van der Waals surface area (Å²) in [5.74, 6) is 0. The highest BCUT2D eigenvalue weighted by atomic mass is 16.6. The molecule has 0 saturated carbocycles. The van der Waals surface area contributed by atoms with Crippen molar-refractivity contribution in [3.8, 4) is 0 Å². The molecule has 0 heterocycles. The number of oxime groups is 1. The van der Waals surface area contributed by atoms with Crippen LogP contribution in [0.25, 0.3) is 0 Å². The predicted molar refractivity (Wildman–Crippen MR) is 68.6 cm³/mol. The van der Waals surface area contributed by atoms with Gasteiger partial charge in [0.05, 0.1) is 5.71 Å². The lowest BCUT2D eigenvalue weighted by molar-refractivity contribution is 0.211. The van der Waals surface area contributed by atoms with Crippen molar-refractivity contribution in [3.05, 3.63) is 48.6 Å². The van der Waals surface area contributed by atoms with Gasteiger partial charge in [0, 0.05) is 0 Å². The van der Waals surface area contributed by atoms with Crippen LogP contribution in [0.2, 0.25) is 0 Å². The zero-order valence-corrected chi connectivity index (χ0v) is 9.86. The van der Waals surface area contributed by atoms with Crippen LogP contribution in [0.1, 0.15) is 24.8 Å². The summed E-state index contributed by atoms with van der Waals surface area (Å²) in [5.41, 5.74) is 2.44. The molecule has 0 aliphatic rings. The Labute approximate surface area is 97.6 Å². The lowest BCUT2D eigenvalue weighted by atomic mass is 10.0. The van der Waals surface area contributed by atoms with Crippen molar-refractivity contribution in [1.29, 1.82) is 0 Å². The highest BCUT2D eigenvalue weighted by Crippen LogP contribution is 2.07. The van der Waals surface area contributed by atoms with E-state index in [2.05, 4.69) is 36.0 Å². The Morgan fingerprint density at radius 3 is 2.69 bits per heavy atom. The number of aryl methyl sites for hydroxylation is 1. The molecule has 86 valence electrons. The van der Waals surface area contributed by atoms with E-state index in [4.69, 9.17) is 4.84 Å². The number of allylic oxidation sites excluding steroid dienone is 1. The fourth-order valence-electron chi connectivity index (χ4n) is 1.55. The van der Waals surface area contributed by atoms with Crippen LogP contribution >= 0.6 is 0 Å². The van der Waals surface area contributed by atoms with Crippen LogP contribution in [0.15, 0.2) is 48.1 Å². The van der Waals surface area contributed by atoms with E-state index in [1.165, 1.54) is 5.56 Å². The molecule has 0 bridgehead atoms. The summed E-state index contributed by atoms with van der Waals surface area (Å²) in [7, 11) is 1.59. The van der Waals surface area contributed by atoms with E-state index in [1.54, 1.807) is 7.11 Å². The van der Waals surface area contributed by atoms with Gasteiger partial charge in [0.1, 0.15) is 7.11 Å². The van der Waals surface area contributed by atoms with Crippen LogP contribution in [-0.4, -0.2) is 12.8 Å². The third-order valence-corrected chi connectivity index (χ3v) is 2.40. The van der Waals surface area contributed by atoms with Gasteiger partial charge >= 0.3 is 0 Å². The van der Waals surface area contributed by atoms with Crippen molar-refractivity contribution in [2.75, 3.05) is 7.11 Å². The van der Waals surface area contributed by atoms with Crippen LogP contribution in [0.4, 0.5) is 0 Å². The molecule has 0 aliphatic carbocycles.